The number of rotatable bonds is 1. The third-order valence-electron chi connectivity index (χ3n) is 4.55. The molecule has 0 bridgehead atoms. The first kappa shape index (κ1) is 15.6. The van der Waals surface area contributed by atoms with Crippen molar-refractivity contribution in [2.75, 3.05) is 26.2 Å². The van der Waals surface area contributed by atoms with Crippen LogP contribution < -0.4 is 0 Å². The van der Waals surface area contributed by atoms with Crippen LogP contribution in [0, 0.1) is 13.8 Å². The van der Waals surface area contributed by atoms with Gasteiger partial charge in [-0.15, -0.1) is 0 Å². The Balaban J connectivity index is 1.83. The van der Waals surface area contributed by atoms with Crippen LogP contribution in [0.1, 0.15) is 35.0 Å². The van der Waals surface area contributed by atoms with Crippen molar-refractivity contribution < 1.29 is 9.59 Å². The van der Waals surface area contributed by atoms with Crippen LogP contribution in [-0.4, -0.2) is 52.8 Å². The number of fused-ring (bicyclic) bond motifs is 1. The van der Waals surface area contributed by atoms with Gasteiger partial charge in [0, 0.05) is 44.0 Å². The van der Waals surface area contributed by atoms with Crippen LogP contribution in [0.2, 0.25) is 0 Å². The fraction of sp³-hybridized carbons (Fsp3) is 0.444. The molecule has 1 saturated heterocycles. The lowest BCUT2D eigenvalue weighted by Gasteiger charge is -2.20. The Morgan fingerprint density at radius 2 is 1.70 bits per heavy atom. The number of aromatic nitrogens is 1. The molecule has 0 radical (unpaired) electrons. The van der Waals surface area contributed by atoms with E-state index in [2.05, 4.69) is 31.0 Å². The van der Waals surface area contributed by atoms with Gasteiger partial charge in [-0.05, 0) is 43.5 Å². The van der Waals surface area contributed by atoms with E-state index in [1.165, 1.54) is 11.1 Å². The molecular formula is C18H23N3O2. The zero-order valence-corrected chi connectivity index (χ0v) is 14.0. The fourth-order valence-corrected chi connectivity index (χ4v) is 3.32. The van der Waals surface area contributed by atoms with E-state index in [1.54, 1.807) is 6.92 Å². The van der Waals surface area contributed by atoms with Crippen molar-refractivity contribution in [3.63, 3.8) is 0 Å². The third kappa shape index (κ3) is 3.09. The number of aromatic amines is 1. The van der Waals surface area contributed by atoms with Gasteiger partial charge in [-0.2, -0.15) is 0 Å². The molecule has 1 aromatic carbocycles. The van der Waals surface area contributed by atoms with Gasteiger partial charge in [0.15, 0.2) is 0 Å². The summed E-state index contributed by atoms with van der Waals surface area (Å²) in [5.41, 5.74) is 3.99. The molecule has 122 valence electrons. The Morgan fingerprint density at radius 1 is 1.00 bits per heavy atom. The average Bonchev–Trinajstić information content (AvgIpc) is 2.76. The summed E-state index contributed by atoms with van der Waals surface area (Å²) >= 11 is 0. The smallest absolute Gasteiger partial charge is 0.270 e. The molecule has 5 nitrogen and oxygen atoms in total. The number of nitrogens with one attached hydrogen (secondary N) is 1. The topological polar surface area (TPSA) is 56.4 Å². The van der Waals surface area contributed by atoms with Gasteiger partial charge in [-0.3, -0.25) is 9.59 Å². The number of nitrogens with zero attached hydrogens (tertiary/aromatic N) is 2. The first-order chi connectivity index (χ1) is 11.0. The lowest BCUT2D eigenvalue weighted by molar-refractivity contribution is -0.128. The van der Waals surface area contributed by atoms with Crippen LogP contribution in [0.25, 0.3) is 10.9 Å². The molecule has 0 spiro atoms. The Bertz CT molecular complexity index is 763. The Kier molecular flexibility index (Phi) is 4.11. The lowest BCUT2D eigenvalue weighted by Crippen LogP contribution is -2.36. The van der Waals surface area contributed by atoms with Crippen molar-refractivity contribution in [3.8, 4) is 0 Å². The lowest BCUT2D eigenvalue weighted by atomic mass is 10.1. The number of benzene rings is 1. The molecule has 1 N–H and O–H groups in total. The number of carbonyl (C=O) groups excluding carboxylic acids is 2. The molecule has 3 rings (SSSR count). The average molecular weight is 313 g/mol. The van der Waals surface area contributed by atoms with Gasteiger partial charge in [0.2, 0.25) is 5.91 Å². The summed E-state index contributed by atoms with van der Waals surface area (Å²) in [6.07, 6.45) is 0.823. The maximum Gasteiger partial charge on any atom is 0.270 e. The molecule has 1 aliphatic rings. The molecular weight excluding hydrogens is 290 g/mol. The highest BCUT2D eigenvalue weighted by Gasteiger charge is 2.22. The molecule has 2 aromatic rings. The van der Waals surface area contributed by atoms with Crippen LogP contribution >= 0.6 is 0 Å². The number of hydrogen-bond acceptors (Lipinski definition) is 2. The predicted octanol–water partition coefficient (Wildman–Crippen LogP) is 2.48. The van der Waals surface area contributed by atoms with Crippen LogP contribution in [0.3, 0.4) is 0 Å². The molecule has 1 fully saturated rings. The monoisotopic (exact) mass is 313 g/mol. The van der Waals surface area contributed by atoms with Gasteiger partial charge < -0.3 is 14.8 Å². The molecule has 1 aliphatic heterocycles. The van der Waals surface area contributed by atoms with Crippen molar-refractivity contribution in [2.24, 2.45) is 0 Å². The Morgan fingerprint density at radius 3 is 2.43 bits per heavy atom. The number of aryl methyl sites for hydroxylation is 2. The van der Waals surface area contributed by atoms with Gasteiger partial charge in [-0.1, -0.05) is 6.07 Å². The first-order valence-corrected chi connectivity index (χ1v) is 8.10. The normalized spacial score (nSPS) is 15.8. The molecule has 2 heterocycles. The van der Waals surface area contributed by atoms with Crippen molar-refractivity contribution in [3.05, 3.63) is 35.0 Å². The Hall–Kier alpha value is -2.30. The molecule has 23 heavy (non-hydrogen) atoms. The fourth-order valence-electron chi connectivity index (χ4n) is 3.32. The molecule has 0 saturated carbocycles. The van der Waals surface area contributed by atoms with E-state index in [0.29, 0.717) is 25.3 Å². The summed E-state index contributed by atoms with van der Waals surface area (Å²) in [4.78, 5) is 31.2. The van der Waals surface area contributed by atoms with Crippen LogP contribution in [0.5, 0.6) is 0 Å². The van der Waals surface area contributed by atoms with Crippen LogP contribution in [-0.2, 0) is 4.79 Å². The van der Waals surface area contributed by atoms with E-state index in [-0.39, 0.29) is 11.8 Å². The Labute approximate surface area is 136 Å². The van der Waals surface area contributed by atoms with E-state index in [1.807, 2.05) is 15.9 Å². The van der Waals surface area contributed by atoms with Crippen LogP contribution in [0.15, 0.2) is 18.2 Å². The predicted molar refractivity (Wildman–Crippen MR) is 90.5 cm³/mol. The number of amides is 2. The minimum Gasteiger partial charge on any atom is -0.351 e. The van der Waals surface area contributed by atoms with Crippen LogP contribution in [0.4, 0.5) is 0 Å². The van der Waals surface area contributed by atoms with Gasteiger partial charge in [0.25, 0.3) is 5.91 Å². The minimum atomic E-state index is 0.0173. The van der Waals surface area contributed by atoms with Gasteiger partial charge in [-0.25, -0.2) is 0 Å². The summed E-state index contributed by atoms with van der Waals surface area (Å²) in [6, 6.07) is 6.14. The second-order valence-electron chi connectivity index (χ2n) is 6.38. The van der Waals surface area contributed by atoms with E-state index < -0.39 is 0 Å². The van der Waals surface area contributed by atoms with Crippen molar-refractivity contribution in [2.45, 2.75) is 27.2 Å². The number of H-pyrrole nitrogens is 1. The summed E-state index contributed by atoms with van der Waals surface area (Å²) in [7, 11) is 0. The summed E-state index contributed by atoms with van der Waals surface area (Å²) < 4.78 is 0. The van der Waals surface area contributed by atoms with E-state index in [4.69, 9.17) is 0 Å². The molecule has 0 unspecified atom stereocenters. The number of hydrogen-bond donors (Lipinski definition) is 1. The van der Waals surface area contributed by atoms with Crippen molar-refractivity contribution >= 4 is 22.7 Å². The standard InChI is InChI=1S/C18H23N3O2/c1-12-9-13(2)15-11-17(19-16(15)10-12)18(23)21-6-4-5-20(7-8-21)14(3)22/h9-11,19H,4-8H2,1-3H3. The van der Waals surface area contributed by atoms with Crippen molar-refractivity contribution in [1.29, 1.82) is 0 Å². The van der Waals surface area contributed by atoms with Crippen molar-refractivity contribution in [1.82, 2.24) is 14.8 Å². The summed E-state index contributed by atoms with van der Waals surface area (Å²) in [6.45, 7) is 8.32. The maximum atomic E-state index is 12.8. The molecule has 0 atom stereocenters. The first-order valence-electron chi connectivity index (χ1n) is 8.10. The largest absolute Gasteiger partial charge is 0.351 e. The zero-order chi connectivity index (χ0) is 16.6. The molecule has 2 amide bonds. The van der Waals surface area contributed by atoms with Gasteiger partial charge in [0.05, 0.1) is 0 Å². The quantitative estimate of drug-likeness (QED) is 0.879. The summed E-state index contributed by atoms with van der Waals surface area (Å²) in [5, 5.41) is 1.10. The minimum absolute atomic E-state index is 0.0173. The zero-order valence-electron chi connectivity index (χ0n) is 14.0. The maximum absolute atomic E-state index is 12.8. The molecule has 0 aliphatic carbocycles. The van der Waals surface area contributed by atoms with Gasteiger partial charge >= 0.3 is 0 Å². The second-order valence-corrected chi connectivity index (χ2v) is 6.38. The highest BCUT2D eigenvalue weighted by Crippen LogP contribution is 2.22. The highest BCUT2D eigenvalue weighted by atomic mass is 16.2. The third-order valence-corrected chi connectivity index (χ3v) is 4.55. The van der Waals surface area contributed by atoms with Gasteiger partial charge in [0.1, 0.15) is 5.69 Å². The number of carbonyl (C=O) groups is 2. The molecule has 5 heteroatoms. The summed E-state index contributed by atoms with van der Waals surface area (Å²) in [5.74, 6) is 0.0969. The second kappa shape index (κ2) is 6.07. The SMILES string of the molecule is CC(=O)N1CCCN(C(=O)c2cc3c(C)cc(C)cc3[nH]2)CC1. The molecule has 1 aromatic heterocycles. The van der Waals surface area contributed by atoms with E-state index in [9.17, 15) is 9.59 Å². The highest BCUT2D eigenvalue weighted by molar-refractivity contribution is 5.99. The van der Waals surface area contributed by atoms with E-state index >= 15 is 0 Å². The van der Waals surface area contributed by atoms with E-state index in [0.717, 1.165) is 23.9 Å².